The fourth-order valence-corrected chi connectivity index (χ4v) is 5.74. The van der Waals surface area contributed by atoms with Gasteiger partial charge in [0.25, 0.3) is 0 Å². The molecule has 4 aliphatic carbocycles. The molecule has 0 aliphatic heterocycles. The summed E-state index contributed by atoms with van der Waals surface area (Å²) in [6.07, 6.45) is 10.8. The molecule has 0 unspecified atom stereocenters. The molecule has 0 radical (unpaired) electrons. The number of hydrogen-bond donors (Lipinski definition) is 1. The van der Waals surface area contributed by atoms with Crippen molar-refractivity contribution in [3.63, 3.8) is 0 Å². The smallest absolute Gasteiger partial charge is 0.134 e. The summed E-state index contributed by atoms with van der Waals surface area (Å²) >= 11 is 0. The standard InChI is InChI=1S/C16H26N4/c1-20-14(2-3-17)18-19-15(20)10-16-7-11-4-12(8-16)6-13(5-11)9-16/h11-13H,2-10,17H2,1H3. The average molecular weight is 274 g/mol. The zero-order chi connectivity index (χ0) is 13.7. The van der Waals surface area contributed by atoms with E-state index in [-0.39, 0.29) is 0 Å². The fourth-order valence-electron chi connectivity index (χ4n) is 5.74. The first kappa shape index (κ1) is 12.8. The normalized spacial score (nSPS) is 38.6. The Balaban J connectivity index is 1.56. The fraction of sp³-hybridized carbons (Fsp3) is 0.875. The molecular formula is C16H26N4. The summed E-state index contributed by atoms with van der Waals surface area (Å²) in [5, 5.41) is 8.80. The Hall–Kier alpha value is -0.900. The third-order valence-electron chi connectivity index (χ3n) is 6.12. The van der Waals surface area contributed by atoms with E-state index < -0.39 is 0 Å². The highest BCUT2D eigenvalue weighted by molar-refractivity contribution is 5.07. The Bertz CT molecular complexity index is 469. The zero-order valence-corrected chi connectivity index (χ0v) is 12.5. The minimum atomic E-state index is 0.551. The number of nitrogens with two attached hydrogens (primary N) is 1. The summed E-state index contributed by atoms with van der Waals surface area (Å²) in [7, 11) is 2.11. The molecule has 0 aromatic carbocycles. The molecular weight excluding hydrogens is 248 g/mol. The summed E-state index contributed by atoms with van der Waals surface area (Å²) < 4.78 is 2.20. The largest absolute Gasteiger partial charge is 0.330 e. The van der Waals surface area contributed by atoms with Gasteiger partial charge in [0.1, 0.15) is 11.6 Å². The van der Waals surface area contributed by atoms with Crippen molar-refractivity contribution >= 4 is 0 Å². The van der Waals surface area contributed by atoms with Crippen LogP contribution < -0.4 is 5.73 Å². The molecule has 0 saturated heterocycles. The van der Waals surface area contributed by atoms with Gasteiger partial charge in [-0.1, -0.05) is 0 Å². The van der Waals surface area contributed by atoms with Crippen LogP contribution in [0.4, 0.5) is 0 Å². The van der Waals surface area contributed by atoms with Crippen molar-refractivity contribution in [1.82, 2.24) is 14.8 Å². The second-order valence-electron chi connectivity index (χ2n) is 7.72. The van der Waals surface area contributed by atoms with Gasteiger partial charge in [-0.15, -0.1) is 10.2 Å². The van der Waals surface area contributed by atoms with Crippen LogP contribution in [0.2, 0.25) is 0 Å². The first-order valence-corrected chi connectivity index (χ1v) is 8.25. The summed E-state index contributed by atoms with van der Waals surface area (Å²) in [6, 6.07) is 0. The van der Waals surface area contributed by atoms with Gasteiger partial charge in [0.05, 0.1) is 0 Å². The lowest BCUT2D eigenvalue weighted by Gasteiger charge is -2.56. The Morgan fingerprint density at radius 3 is 2.15 bits per heavy atom. The van der Waals surface area contributed by atoms with Crippen molar-refractivity contribution in [3.8, 4) is 0 Å². The third kappa shape index (κ3) is 2.00. The van der Waals surface area contributed by atoms with E-state index >= 15 is 0 Å². The lowest BCUT2D eigenvalue weighted by Crippen LogP contribution is -2.47. The molecule has 4 heteroatoms. The van der Waals surface area contributed by atoms with Crippen LogP contribution in [0.3, 0.4) is 0 Å². The van der Waals surface area contributed by atoms with Crippen LogP contribution in [0.1, 0.15) is 50.2 Å². The summed E-state index contributed by atoms with van der Waals surface area (Å²) in [4.78, 5) is 0. The SMILES string of the molecule is Cn1c(CCN)nnc1CC12CC3CC(CC(C3)C1)C2. The van der Waals surface area contributed by atoms with Crippen molar-refractivity contribution in [2.75, 3.05) is 6.54 Å². The van der Waals surface area contributed by atoms with E-state index in [0.717, 1.165) is 36.4 Å². The summed E-state index contributed by atoms with van der Waals surface area (Å²) in [5.74, 6) is 5.27. The molecule has 4 aliphatic rings. The van der Waals surface area contributed by atoms with Crippen molar-refractivity contribution in [2.45, 2.75) is 51.4 Å². The van der Waals surface area contributed by atoms with Gasteiger partial charge >= 0.3 is 0 Å². The average Bonchev–Trinajstić information content (AvgIpc) is 2.70. The van der Waals surface area contributed by atoms with Crippen LogP contribution in [-0.2, 0) is 19.9 Å². The van der Waals surface area contributed by atoms with Gasteiger partial charge in [-0.25, -0.2) is 0 Å². The van der Waals surface area contributed by atoms with Gasteiger partial charge in [-0.3, -0.25) is 0 Å². The molecule has 4 fully saturated rings. The number of nitrogens with zero attached hydrogens (tertiary/aromatic N) is 3. The summed E-state index contributed by atoms with van der Waals surface area (Å²) in [5.41, 5.74) is 6.20. The van der Waals surface area contributed by atoms with Crippen LogP contribution in [0.15, 0.2) is 0 Å². The Morgan fingerprint density at radius 1 is 1.05 bits per heavy atom. The lowest BCUT2D eigenvalue weighted by molar-refractivity contribution is -0.0535. The Morgan fingerprint density at radius 2 is 1.60 bits per heavy atom. The van der Waals surface area contributed by atoms with Crippen LogP contribution >= 0.6 is 0 Å². The second kappa shape index (κ2) is 4.55. The predicted molar refractivity (Wildman–Crippen MR) is 78.1 cm³/mol. The maximum atomic E-state index is 5.65. The molecule has 1 heterocycles. The lowest BCUT2D eigenvalue weighted by atomic mass is 9.49. The number of hydrogen-bond acceptors (Lipinski definition) is 3. The van der Waals surface area contributed by atoms with Gasteiger partial charge in [-0.05, 0) is 68.2 Å². The van der Waals surface area contributed by atoms with Crippen molar-refractivity contribution in [2.24, 2.45) is 36.0 Å². The van der Waals surface area contributed by atoms with Gasteiger partial charge in [0.15, 0.2) is 0 Å². The van der Waals surface area contributed by atoms with E-state index in [1.54, 1.807) is 0 Å². The molecule has 2 N–H and O–H groups in total. The molecule has 110 valence electrons. The van der Waals surface area contributed by atoms with Crippen LogP contribution in [0.5, 0.6) is 0 Å². The van der Waals surface area contributed by atoms with E-state index in [2.05, 4.69) is 21.8 Å². The molecule has 4 saturated carbocycles. The van der Waals surface area contributed by atoms with E-state index in [1.165, 1.54) is 44.3 Å². The zero-order valence-electron chi connectivity index (χ0n) is 12.5. The first-order valence-electron chi connectivity index (χ1n) is 8.25. The van der Waals surface area contributed by atoms with Crippen molar-refractivity contribution in [1.29, 1.82) is 0 Å². The highest BCUT2D eigenvalue weighted by Crippen LogP contribution is 2.60. The van der Waals surface area contributed by atoms with Crippen LogP contribution in [-0.4, -0.2) is 21.3 Å². The second-order valence-corrected chi connectivity index (χ2v) is 7.72. The van der Waals surface area contributed by atoms with Gasteiger partial charge in [0, 0.05) is 19.9 Å². The predicted octanol–water partition coefficient (Wildman–Crippen LogP) is 2.08. The molecule has 0 spiro atoms. The highest BCUT2D eigenvalue weighted by Gasteiger charge is 2.51. The molecule has 20 heavy (non-hydrogen) atoms. The van der Waals surface area contributed by atoms with Gasteiger partial charge in [-0.2, -0.15) is 0 Å². The van der Waals surface area contributed by atoms with Gasteiger partial charge in [0.2, 0.25) is 0 Å². The van der Waals surface area contributed by atoms with Crippen LogP contribution in [0, 0.1) is 23.2 Å². The molecule has 4 bridgehead atoms. The van der Waals surface area contributed by atoms with E-state index in [0.29, 0.717) is 12.0 Å². The molecule has 0 amide bonds. The minimum absolute atomic E-state index is 0.551. The molecule has 1 aromatic rings. The molecule has 5 rings (SSSR count). The summed E-state index contributed by atoms with van der Waals surface area (Å²) in [6.45, 7) is 0.656. The molecule has 1 aromatic heterocycles. The Kier molecular flexibility index (Phi) is 2.92. The highest BCUT2D eigenvalue weighted by atomic mass is 15.3. The monoisotopic (exact) mass is 274 g/mol. The maximum Gasteiger partial charge on any atom is 0.134 e. The molecule has 0 atom stereocenters. The van der Waals surface area contributed by atoms with Crippen molar-refractivity contribution in [3.05, 3.63) is 11.6 Å². The quantitative estimate of drug-likeness (QED) is 0.914. The van der Waals surface area contributed by atoms with Crippen molar-refractivity contribution < 1.29 is 0 Å². The van der Waals surface area contributed by atoms with E-state index in [4.69, 9.17) is 5.73 Å². The maximum absolute atomic E-state index is 5.65. The first-order chi connectivity index (χ1) is 9.67. The van der Waals surface area contributed by atoms with Crippen LogP contribution in [0.25, 0.3) is 0 Å². The van der Waals surface area contributed by atoms with Gasteiger partial charge < -0.3 is 10.3 Å². The minimum Gasteiger partial charge on any atom is -0.330 e. The Labute approximate surface area is 121 Å². The van der Waals surface area contributed by atoms with E-state index in [1.807, 2.05) is 0 Å². The van der Waals surface area contributed by atoms with E-state index in [9.17, 15) is 0 Å². The third-order valence-corrected chi connectivity index (χ3v) is 6.12. The number of aromatic nitrogens is 3. The number of rotatable bonds is 4. The topological polar surface area (TPSA) is 56.7 Å². The molecule has 4 nitrogen and oxygen atoms in total.